The van der Waals surface area contributed by atoms with Crippen molar-refractivity contribution in [2.45, 2.75) is 26.5 Å². The van der Waals surface area contributed by atoms with Gasteiger partial charge in [0, 0.05) is 12.2 Å². The third-order valence-electron chi connectivity index (χ3n) is 2.92. The summed E-state index contributed by atoms with van der Waals surface area (Å²) < 4.78 is 8.10. The van der Waals surface area contributed by atoms with Gasteiger partial charge in [-0.3, -0.25) is 4.68 Å². The van der Waals surface area contributed by atoms with Gasteiger partial charge < -0.3 is 15.2 Å². The molecule has 0 spiro atoms. The summed E-state index contributed by atoms with van der Waals surface area (Å²) >= 11 is 1.58. The Hall–Kier alpha value is -2.03. The number of thiazole rings is 1. The van der Waals surface area contributed by atoms with Crippen LogP contribution in [-0.2, 0) is 17.9 Å². The van der Waals surface area contributed by atoms with Crippen molar-refractivity contribution >= 4 is 27.2 Å². The Morgan fingerprint density at radius 2 is 2.38 bits per heavy atom. The van der Waals surface area contributed by atoms with E-state index in [0.29, 0.717) is 5.69 Å². The number of fused-ring (bicyclic) bond motifs is 1. The molecule has 2 aromatic heterocycles. The molecule has 1 unspecified atom stereocenters. The van der Waals surface area contributed by atoms with Crippen LogP contribution >= 0.6 is 11.3 Å². The van der Waals surface area contributed by atoms with Gasteiger partial charge in [0.2, 0.25) is 6.41 Å². The molecule has 3 rings (SSSR count). The third-order valence-corrected chi connectivity index (χ3v) is 3.73. The first-order valence-corrected chi connectivity index (χ1v) is 7.41. The number of nitrogens with zero attached hydrogens (tertiary/aromatic N) is 4. The second kappa shape index (κ2) is 6.17. The first-order chi connectivity index (χ1) is 10.2. The van der Waals surface area contributed by atoms with Crippen LogP contribution < -0.4 is 5.32 Å². The predicted octanol–water partition coefficient (Wildman–Crippen LogP) is 1.81. The zero-order chi connectivity index (χ0) is 14.7. The van der Waals surface area contributed by atoms with Gasteiger partial charge in [0.15, 0.2) is 0 Å². The van der Waals surface area contributed by atoms with Gasteiger partial charge >= 0.3 is 0 Å². The minimum absolute atomic E-state index is 0.188. The topological polar surface area (TPSA) is 85.1 Å². The van der Waals surface area contributed by atoms with E-state index in [9.17, 15) is 5.11 Å². The summed E-state index contributed by atoms with van der Waals surface area (Å²) in [7, 11) is 0. The van der Waals surface area contributed by atoms with E-state index in [2.05, 4.69) is 20.6 Å². The summed E-state index contributed by atoms with van der Waals surface area (Å²) in [6.45, 7) is 2.92. The molecule has 0 radical (unpaired) electrons. The number of anilines is 1. The van der Waals surface area contributed by atoms with Crippen LogP contribution in [0.4, 0.5) is 5.69 Å². The van der Waals surface area contributed by atoms with E-state index in [1.807, 2.05) is 25.1 Å². The van der Waals surface area contributed by atoms with E-state index in [0.717, 1.165) is 22.4 Å². The molecule has 2 heterocycles. The summed E-state index contributed by atoms with van der Waals surface area (Å²) in [5.41, 5.74) is 4.10. The summed E-state index contributed by atoms with van der Waals surface area (Å²) in [6, 6.07) is 5.70. The molecule has 1 aromatic carbocycles. The van der Waals surface area contributed by atoms with Gasteiger partial charge in [-0.1, -0.05) is 5.21 Å². The first-order valence-electron chi connectivity index (χ1n) is 6.53. The molecule has 0 bridgehead atoms. The number of aryl methyl sites for hydroxylation is 1. The van der Waals surface area contributed by atoms with E-state index in [1.165, 1.54) is 0 Å². The van der Waals surface area contributed by atoms with Crippen molar-refractivity contribution in [3.63, 3.8) is 0 Å². The van der Waals surface area contributed by atoms with E-state index < -0.39 is 6.41 Å². The maximum atomic E-state index is 9.84. The van der Waals surface area contributed by atoms with Gasteiger partial charge in [0.1, 0.15) is 5.69 Å². The minimum Gasteiger partial charge on any atom is -0.351 e. The van der Waals surface area contributed by atoms with Gasteiger partial charge in [-0.15, -0.1) is 16.4 Å². The van der Waals surface area contributed by atoms with E-state index in [4.69, 9.17) is 4.74 Å². The number of aliphatic hydroxyl groups is 1. The minimum atomic E-state index is -1.12. The Morgan fingerprint density at radius 1 is 1.48 bits per heavy atom. The summed E-state index contributed by atoms with van der Waals surface area (Å²) in [5, 5.41) is 20.5. The highest BCUT2D eigenvalue weighted by Gasteiger charge is 2.07. The van der Waals surface area contributed by atoms with Crippen molar-refractivity contribution in [3.8, 4) is 0 Å². The summed E-state index contributed by atoms with van der Waals surface area (Å²) in [4.78, 5) is 4.23. The van der Waals surface area contributed by atoms with Crippen molar-refractivity contribution in [2.75, 3.05) is 5.32 Å². The van der Waals surface area contributed by atoms with Crippen LogP contribution in [-0.4, -0.2) is 31.5 Å². The molecule has 0 aliphatic rings. The molecule has 8 heteroatoms. The molecule has 0 amide bonds. The fourth-order valence-corrected chi connectivity index (χ4v) is 2.51. The standard InChI is InChI=1S/C13H15N5O2S/c1-2-18-6-10(16-17-18)7-20-13(19)15-9-3-4-12-11(5-9)14-8-21-12/h3-6,8,13,15,19H,2,7H2,1H3. The van der Waals surface area contributed by atoms with Gasteiger partial charge in [-0.2, -0.15) is 0 Å². The number of hydrogen-bond donors (Lipinski definition) is 2. The lowest BCUT2D eigenvalue weighted by atomic mass is 10.3. The molecule has 0 saturated carbocycles. The molecular weight excluding hydrogens is 290 g/mol. The third kappa shape index (κ3) is 3.35. The first kappa shape index (κ1) is 13.9. The van der Waals surface area contributed by atoms with Crippen molar-refractivity contribution in [1.29, 1.82) is 0 Å². The monoisotopic (exact) mass is 305 g/mol. The maximum absolute atomic E-state index is 9.84. The normalized spacial score (nSPS) is 12.7. The van der Waals surface area contributed by atoms with Crippen LogP contribution in [0, 0.1) is 0 Å². The Labute approximate surface area is 125 Å². The maximum Gasteiger partial charge on any atom is 0.235 e. The number of hydrogen-bond acceptors (Lipinski definition) is 7. The van der Waals surface area contributed by atoms with Gasteiger partial charge in [-0.05, 0) is 25.1 Å². The highest BCUT2D eigenvalue weighted by atomic mass is 32.1. The molecular formula is C13H15N5O2S. The summed E-state index contributed by atoms with van der Waals surface area (Å²) in [6.07, 6.45) is 0.668. The van der Waals surface area contributed by atoms with Gasteiger partial charge in [0.05, 0.1) is 28.5 Å². The molecule has 7 nitrogen and oxygen atoms in total. The van der Waals surface area contributed by atoms with Gasteiger partial charge in [0.25, 0.3) is 0 Å². The average molecular weight is 305 g/mol. The van der Waals surface area contributed by atoms with Crippen molar-refractivity contribution in [2.24, 2.45) is 0 Å². The molecule has 0 saturated heterocycles. The lowest BCUT2D eigenvalue weighted by Gasteiger charge is -2.13. The number of benzene rings is 1. The zero-order valence-corrected chi connectivity index (χ0v) is 12.2. The number of nitrogens with one attached hydrogen (secondary N) is 1. The molecule has 1 atom stereocenters. The molecule has 110 valence electrons. The number of rotatable bonds is 6. The predicted molar refractivity (Wildman–Crippen MR) is 79.7 cm³/mol. The van der Waals surface area contributed by atoms with Crippen LogP contribution in [0.5, 0.6) is 0 Å². The lowest BCUT2D eigenvalue weighted by Crippen LogP contribution is -2.22. The van der Waals surface area contributed by atoms with Crippen molar-refractivity contribution in [3.05, 3.63) is 35.6 Å². The Bertz CT molecular complexity index is 726. The average Bonchev–Trinajstić information content (AvgIpc) is 3.13. The molecule has 0 fully saturated rings. The number of aromatic nitrogens is 4. The smallest absolute Gasteiger partial charge is 0.235 e. The number of ether oxygens (including phenoxy) is 1. The fraction of sp³-hybridized carbons (Fsp3) is 0.308. The largest absolute Gasteiger partial charge is 0.351 e. The lowest BCUT2D eigenvalue weighted by molar-refractivity contribution is -0.0881. The Morgan fingerprint density at radius 3 is 3.19 bits per heavy atom. The summed E-state index contributed by atoms with van der Waals surface area (Å²) in [5.74, 6) is 0. The van der Waals surface area contributed by atoms with E-state index in [-0.39, 0.29) is 6.61 Å². The molecule has 21 heavy (non-hydrogen) atoms. The molecule has 3 aromatic rings. The van der Waals surface area contributed by atoms with Crippen LogP contribution in [0.1, 0.15) is 12.6 Å². The zero-order valence-electron chi connectivity index (χ0n) is 11.4. The SMILES string of the molecule is CCn1cc(COC(O)Nc2ccc3scnc3c2)nn1. The second-order valence-corrected chi connectivity index (χ2v) is 5.29. The highest BCUT2D eigenvalue weighted by Crippen LogP contribution is 2.21. The van der Waals surface area contributed by atoms with Crippen LogP contribution in [0.25, 0.3) is 10.2 Å². The van der Waals surface area contributed by atoms with Crippen LogP contribution in [0.15, 0.2) is 29.9 Å². The highest BCUT2D eigenvalue weighted by molar-refractivity contribution is 7.16. The molecule has 2 N–H and O–H groups in total. The Balaban J connectivity index is 1.56. The second-order valence-electron chi connectivity index (χ2n) is 4.41. The molecule has 0 aliphatic heterocycles. The number of aliphatic hydroxyl groups excluding tert-OH is 1. The quantitative estimate of drug-likeness (QED) is 0.676. The van der Waals surface area contributed by atoms with Crippen molar-refractivity contribution in [1.82, 2.24) is 20.0 Å². The fourth-order valence-electron chi connectivity index (χ4n) is 1.86. The van der Waals surface area contributed by atoms with Crippen LogP contribution in [0.3, 0.4) is 0 Å². The van der Waals surface area contributed by atoms with E-state index >= 15 is 0 Å². The van der Waals surface area contributed by atoms with Crippen LogP contribution in [0.2, 0.25) is 0 Å². The van der Waals surface area contributed by atoms with Crippen molar-refractivity contribution < 1.29 is 9.84 Å². The Kier molecular flexibility index (Phi) is 4.09. The van der Waals surface area contributed by atoms with E-state index in [1.54, 1.807) is 27.7 Å². The molecule has 0 aliphatic carbocycles. The van der Waals surface area contributed by atoms with Gasteiger partial charge in [-0.25, -0.2) is 4.98 Å².